The quantitative estimate of drug-likeness (QED) is 0.556. The van der Waals surface area contributed by atoms with Crippen molar-refractivity contribution in [1.82, 2.24) is 9.78 Å². The Kier molecular flexibility index (Phi) is 2.72. The fraction of sp³-hybridized carbons (Fsp3) is 0.556. The van der Waals surface area contributed by atoms with Crippen molar-refractivity contribution in [2.45, 2.75) is 24.9 Å². The molecule has 11 nitrogen and oxygen atoms in total. The van der Waals surface area contributed by atoms with Crippen LogP contribution >= 0.6 is 0 Å². The zero-order chi connectivity index (χ0) is 14.4. The summed E-state index contributed by atoms with van der Waals surface area (Å²) in [5, 5.41) is 25.1. The second-order valence-corrected chi connectivity index (χ2v) is 4.41. The molecule has 0 spiro atoms. The van der Waals surface area contributed by atoms with Gasteiger partial charge in [-0.2, -0.15) is 4.68 Å². The molecule has 2 aliphatic heterocycles. The number of fused-ring (bicyclic) bond motifs is 2. The van der Waals surface area contributed by atoms with Crippen LogP contribution in [0, 0.1) is 20.2 Å². The van der Waals surface area contributed by atoms with Crippen molar-refractivity contribution in [3.63, 3.8) is 0 Å². The average Bonchev–Trinajstić information content (AvgIpc) is 3.00. The summed E-state index contributed by atoms with van der Waals surface area (Å²) >= 11 is 0. The molecule has 11 heteroatoms. The molecule has 3 heterocycles. The number of nitro groups is 2. The molecule has 0 N–H and O–H groups in total. The molecular formula is C9H8N4O7. The molecule has 2 bridgehead atoms. The van der Waals surface area contributed by atoms with Gasteiger partial charge in [-0.15, -0.1) is 0 Å². The second kappa shape index (κ2) is 4.31. The number of hydrogen-bond acceptors (Lipinski definition) is 8. The first-order valence-corrected chi connectivity index (χ1v) is 5.65. The number of carbonyl (C=O) groups is 1. The van der Waals surface area contributed by atoms with Gasteiger partial charge in [-0.1, -0.05) is 0 Å². The molecule has 0 amide bonds. The van der Waals surface area contributed by atoms with Crippen molar-refractivity contribution >= 4 is 17.3 Å². The lowest BCUT2D eigenvalue weighted by atomic mass is 10.0. The molecule has 2 aliphatic rings. The molecule has 1 aromatic heterocycles. The Bertz CT molecular complexity index is 580. The Labute approximate surface area is 110 Å². The van der Waals surface area contributed by atoms with Crippen LogP contribution in [0.2, 0.25) is 0 Å². The molecular weight excluding hydrogens is 276 g/mol. The van der Waals surface area contributed by atoms with Crippen LogP contribution in [0.5, 0.6) is 0 Å². The van der Waals surface area contributed by atoms with E-state index in [1.165, 1.54) is 0 Å². The van der Waals surface area contributed by atoms with E-state index in [2.05, 4.69) is 5.10 Å². The Balaban J connectivity index is 1.98. The summed E-state index contributed by atoms with van der Waals surface area (Å²) in [5.41, 5.74) is -0.719. The number of ketones is 1. The number of aromatic nitrogens is 2. The van der Waals surface area contributed by atoms with E-state index in [4.69, 9.17) is 9.47 Å². The Hall–Kier alpha value is -2.40. The van der Waals surface area contributed by atoms with Crippen LogP contribution in [0.1, 0.15) is 12.5 Å². The minimum absolute atomic E-state index is 0.00528. The van der Waals surface area contributed by atoms with Crippen LogP contribution in [0.15, 0.2) is 6.20 Å². The lowest BCUT2D eigenvalue weighted by molar-refractivity contribution is -0.424. The van der Waals surface area contributed by atoms with Gasteiger partial charge in [0.05, 0.1) is 16.6 Å². The summed E-state index contributed by atoms with van der Waals surface area (Å²) in [7, 11) is 0. The molecule has 3 atom stereocenters. The van der Waals surface area contributed by atoms with E-state index in [9.17, 15) is 25.0 Å². The maximum atomic E-state index is 11.6. The van der Waals surface area contributed by atoms with E-state index < -0.39 is 39.8 Å². The van der Waals surface area contributed by atoms with E-state index in [-0.39, 0.29) is 18.8 Å². The highest BCUT2D eigenvalue weighted by molar-refractivity contribution is 5.83. The second-order valence-electron chi connectivity index (χ2n) is 4.41. The predicted molar refractivity (Wildman–Crippen MR) is 58.8 cm³/mol. The lowest BCUT2D eigenvalue weighted by Crippen LogP contribution is -2.37. The van der Waals surface area contributed by atoms with Gasteiger partial charge in [0.15, 0.2) is 5.78 Å². The highest BCUT2D eigenvalue weighted by Crippen LogP contribution is 2.35. The maximum absolute atomic E-state index is 11.6. The van der Waals surface area contributed by atoms with Gasteiger partial charge in [0, 0.05) is 6.42 Å². The van der Waals surface area contributed by atoms with Gasteiger partial charge in [0.25, 0.3) is 0 Å². The first-order chi connectivity index (χ1) is 9.47. The van der Waals surface area contributed by atoms with E-state index >= 15 is 0 Å². The van der Waals surface area contributed by atoms with E-state index in [1.807, 2.05) is 0 Å². The zero-order valence-electron chi connectivity index (χ0n) is 9.87. The fourth-order valence-corrected chi connectivity index (χ4v) is 2.29. The first-order valence-electron chi connectivity index (χ1n) is 5.65. The van der Waals surface area contributed by atoms with Crippen LogP contribution in [-0.2, 0) is 14.3 Å². The largest absolute Gasteiger partial charge is 0.467 e. The molecule has 0 radical (unpaired) electrons. The smallest absolute Gasteiger partial charge is 0.358 e. The molecule has 2 fully saturated rings. The topological polar surface area (TPSA) is 140 Å². The van der Waals surface area contributed by atoms with Crippen LogP contribution in [0.25, 0.3) is 0 Å². The monoisotopic (exact) mass is 284 g/mol. The average molecular weight is 284 g/mol. The molecule has 1 aromatic rings. The minimum atomic E-state index is -0.936. The first kappa shape index (κ1) is 12.6. The summed E-state index contributed by atoms with van der Waals surface area (Å²) in [6.07, 6.45) is -0.461. The van der Waals surface area contributed by atoms with Crippen molar-refractivity contribution in [2.75, 3.05) is 6.61 Å². The van der Waals surface area contributed by atoms with Gasteiger partial charge < -0.3 is 19.6 Å². The van der Waals surface area contributed by atoms with Gasteiger partial charge in [-0.3, -0.25) is 14.9 Å². The predicted octanol–water partition coefficient (Wildman–Crippen LogP) is -0.0451. The fourth-order valence-electron chi connectivity index (χ4n) is 2.29. The maximum Gasteiger partial charge on any atom is 0.467 e. The molecule has 0 unspecified atom stereocenters. The summed E-state index contributed by atoms with van der Waals surface area (Å²) in [6, 6.07) is -0.645. The van der Waals surface area contributed by atoms with Crippen molar-refractivity contribution in [1.29, 1.82) is 0 Å². The number of nitrogens with zero attached hydrogens (tertiary/aromatic N) is 4. The Morgan fingerprint density at radius 2 is 2.10 bits per heavy atom. The normalized spacial score (nSPS) is 28.6. The van der Waals surface area contributed by atoms with E-state index in [0.717, 1.165) is 10.9 Å². The van der Waals surface area contributed by atoms with E-state index in [0.29, 0.717) is 0 Å². The summed E-state index contributed by atoms with van der Waals surface area (Å²) in [5.74, 6) is -1.17. The van der Waals surface area contributed by atoms with Gasteiger partial charge in [-0.25, -0.2) is 0 Å². The number of rotatable bonds is 3. The minimum Gasteiger partial charge on any atom is -0.358 e. The highest BCUT2D eigenvalue weighted by Gasteiger charge is 2.47. The Morgan fingerprint density at radius 1 is 1.35 bits per heavy atom. The SMILES string of the molecule is O=C1C[C@@H](n2cc([N+](=O)[O-])c([N+](=O)[O-])n2)[C@H]2CO[C@@H]1O2. The number of hydrogen-bond donors (Lipinski definition) is 0. The molecule has 20 heavy (non-hydrogen) atoms. The summed E-state index contributed by atoms with van der Waals surface area (Å²) in [4.78, 5) is 31.3. The van der Waals surface area contributed by atoms with E-state index in [1.54, 1.807) is 0 Å². The lowest BCUT2D eigenvalue weighted by Gasteiger charge is -2.24. The number of carbonyl (C=O) groups excluding carboxylic acids is 1. The zero-order valence-corrected chi connectivity index (χ0v) is 9.87. The van der Waals surface area contributed by atoms with Gasteiger partial charge in [-0.05, 0) is 4.92 Å². The number of ether oxygens (including phenoxy) is 2. The van der Waals surface area contributed by atoms with Crippen molar-refractivity contribution in [3.05, 3.63) is 26.4 Å². The Morgan fingerprint density at radius 3 is 2.70 bits per heavy atom. The van der Waals surface area contributed by atoms with Gasteiger partial charge in [0.1, 0.15) is 18.3 Å². The third kappa shape index (κ3) is 1.83. The molecule has 0 saturated carbocycles. The third-order valence-corrected chi connectivity index (χ3v) is 3.22. The van der Waals surface area contributed by atoms with Crippen molar-refractivity contribution in [2.24, 2.45) is 0 Å². The standard InChI is InChI=1S/C9H8N4O7/c14-6-1-4(7-3-19-9(6)20-7)11-2-5(12(15)16)8(10-11)13(17)18/h2,4,7,9H,1,3H2/t4-,7-,9-/m1/s1. The third-order valence-electron chi connectivity index (χ3n) is 3.22. The van der Waals surface area contributed by atoms with Crippen molar-refractivity contribution < 1.29 is 24.1 Å². The summed E-state index contributed by atoms with van der Waals surface area (Å²) in [6.45, 7) is 0.141. The molecule has 106 valence electrons. The molecule has 0 aromatic carbocycles. The van der Waals surface area contributed by atoms with Crippen LogP contribution in [0.4, 0.5) is 11.5 Å². The van der Waals surface area contributed by atoms with Crippen LogP contribution < -0.4 is 0 Å². The van der Waals surface area contributed by atoms with Gasteiger partial charge in [0.2, 0.25) is 6.29 Å². The highest BCUT2D eigenvalue weighted by atomic mass is 16.7. The molecule has 0 aliphatic carbocycles. The summed E-state index contributed by atoms with van der Waals surface area (Å²) < 4.78 is 11.4. The van der Waals surface area contributed by atoms with Gasteiger partial charge >= 0.3 is 11.5 Å². The number of Topliss-reactive ketones (excluding diaryl/α,β-unsaturated/α-hetero) is 1. The van der Waals surface area contributed by atoms with Crippen molar-refractivity contribution in [3.8, 4) is 0 Å². The van der Waals surface area contributed by atoms with Crippen LogP contribution in [0.3, 0.4) is 0 Å². The van der Waals surface area contributed by atoms with Crippen LogP contribution in [-0.4, -0.2) is 44.4 Å². The molecule has 3 rings (SSSR count). The molecule has 2 saturated heterocycles.